The molecule has 1 aromatic carbocycles. The molecule has 1 aliphatic rings. The van der Waals surface area contributed by atoms with Crippen molar-refractivity contribution in [3.8, 4) is 11.3 Å². The van der Waals surface area contributed by atoms with Crippen LogP contribution in [0.2, 0.25) is 0 Å². The number of thiazole rings is 1. The van der Waals surface area contributed by atoms with Crippen LogP contribution in [0.15, 0.2) is 29.6 Å². The summed E-state index contributed by atoms with van der Waals surface area (Å²) < 4.78 is 0. The molecule has 0 saturated heterocycles. The smallest absolute Gasteiger partial charge is 0.227 e. The number of anilines is 1. The summed E-state index contributed by atoms with van der Waals surface area (Å²) in [6.45, 7) is 2.00. The molecule has 1 heterocycles. The first-order valence-corrected chi connectivity index (χ1v) is 8.59. The fourth-order valence-corrected chi connectivity index (χ4v) is 3.55. The van der Waals surface area contributed by atoms with Gasteiger partial charge in [-0.1, -0.05) is 18.6 Å². The second-order valence-corrected chi connectivity index (χ2v) is 7.00. The van der Waals surface area contributed by atoms with Crippen molar-refractivity contribution in [2.75, 3.05) is 5.32 Å². The normalized spacial score (nSPS) is 20.6. The quantitative estimate of drug-likeness (QED) is 0.878. The molecular weight excluding hydrogens is 330 g/mol. The number of benzene rings is 1. The van der Waals surface area contributed by atoms with Gasteiger partial charge in [0.1, 0.15) is 0 Å². The van der Waals surface area contributed by atoms with Gasteiger partial charge in [-0.3, -0.25) is 4.79 Å². The lowest BCUT2D eigenvalue weighted by Gasteiger charge is -2.25. The number of hydrogen-bond donors (Lipinski definition) is 2. The van der Waals surface area contributed by atoms with Gasteiger partial charge in [-0.25, -0.2) is 4.98 Å². The van der Waals surface area contributed by atoms with Gasteiger partial charge < -0.3 is 11.1 Å². The lowest BCUT2D eigenvalue weighted by atomic mass is 9.85. The molecule has 4 nitrogen and oxygen atoms in total. The molecule has 6 heteroatoms. The fraction of sp³-hybridized carbons (Fsp3) is 0.412. The molecule has 0 radical (unpaired) electrons. The van der Waals surface area contributed by atoms with Crippen LogP contribution < -0.4 is 11.1 Å². The van der Waals surface area contributed by atoms with Gasteiger partial charge in [0.15, 0.2) is 0 Å². The van der Waals surface area contributed by atoms with Crippen molar-refractivity contribution < 1.29 is 4.79 Å². The minimum absolute atomic E-state index is 0. The number of nitrogens with one attached hydrogen (secondary N) is 1. The van der Waals surface area contributed by atoms with Crippen molar-refractivity contribution in [1.82, 2.24) is 4.98 Å². The minimum atomic E-state index is 0. The van der Waals surface area contributed by atoms with Crippen molar-refractivity contribution >= 4 is 35.3 Å². The highest BCUT2D eigenvalue weighted by Crippen LogP contribution is 2.26. The van der Waals surface area contributed by atoms with Crippen LogP contribution in [-0.4, -0.2) is 16.9 Å². The molecule has 1 saturated carbocycles. The predicted molar refractivity (Wildman–Crippen MR) is 98.1 cm³/mol. The van der Waals surface area contributed by atoms with E-state index in [4.69, 9.17) is 5.73 Å². The Bertz CT molecular complexity index is 656. The number of carbonyl (C=O) groups excluding carboxylic acids is 1. The van der Waals surface area contributed by atoms with Gasteiger partial charge >= 0.3 is 0 Å². The molecule has 1 fully saturated rings. The van der Waals surface area contributed by atoms with Crippen LogP contribution in [0.1, 0.15) is 30.7 Å². The average molecular weight is 352 g/mol. The molecule has 124 valence electrons. The molecule has 0 aliphatic heterocycles. The number of rotatable bonds is 3. The minimum Gasteiger partial charge on any atom is -0.328 e. The van der Waals surface area contributed by atoms with Crippen LogP contribution in [0.25, 0.3) is 11.3 Å². The maximum absolute atomic E-state index is 12.3. The average Bonchev–Trinajstić information content (AvgIpc) is 2.94. The molecule has 3 rings (SSSR count). The highest BCUT2D eigenvalue weighted by Gasteiger charge is 2.25. The van der Waals surface area contributed by atoms with Crippen molar-refractivity contribution in [2.45, 2.75) is 38.6 Å². The number of nitrogens with zero attached hydrogens (tertiary/aromatic N) is 1. The van der Waals surface area contributed by atoms with Gasteiger partial charge in [-0.2, -0.15) is 0 Å². The lowest BCUT2D eigenvalue weighted by Crippen LogP contribution is -2.34. The van der Waals surface area contributed by atoms with E-state index in [1.54, 1.807) is 11.3 Å². The summed E-state index contributed by atoms with van der Waals surface area (Å²) in [4.78, 5) is 16.8. The van der Waals surface area contributed by atoms with Crippen molar-refractivity contribution in [1.29, 1.82) is 0 Å². The lowest BCUT2D eigenvalue weighted by molar-refractivity contribution is -0.120. The number of hydrogen-bond acceptors (Lipinski definition) is 4. The van der Waals surface area contributed by atoms with Crippen LogP contribution in [0.5, 0.6) is 0 Å². The summed E-state index contributed by atoms with van der Waals surface area (Å²) in [6.07, 6.45) is 3.81. The van der Waals surface area contributed by atoms with Crippen LogP contribution in [0.3, 0.4) is 0 Å². The topological polar surface area (TPSA) is 68.0 Å². The van der Waals surface area contributed by atoms with Crippen LogP contribution in [0, 0.1) is 12.8 Å². The molecule has 1 aliphatic carbocycles. The Kier molecular flexibility index (Phi) is 6.16. The van der Waals surface area contributed by atoms with E-state index >= 15 is 0 Å². The SMILES string of the molecule is Cc1nc(-c2ccc(NC(=O)C3CCCC(N)C3)cc2)cs1.Cl. The van der Waals surface area contributed by atoms with E-state index in [1.165, 1.54) is 0 Å². The van der Waals surface area contributed by atoms with Crippen molar-refractivity contribution in [2.24, 2.45) is 11.7 Å². The monoisotopic (exact) mass is 351 g/mol. The van der Waals surface area contributed by atoms with E-state index in [2.05, 4.69) is 10.3 Å². The van der Waals surface area contributed by atoms with Gasteiger partial charge in [0, 0.05) is 28.6 Å². The zero-order chi connectivity index (χ0) is 15.5. The number of nitrogens with two attached hydrogens (primary N) is 1. The third kappa shape index (κ3) is 4.53. The summed E-state index contributed by atoms with van der Waals surface area (Å²) in [5.74, 6) is 0.136. The number of halogens is 1. The molecule has 3 N–H and O–H groups in total. The molecule has 1 amide bonds. The largest absolute Gasteiger partial charge is 0.328 e. The van der Waals surface area contributed by atoms with Gasteiger partial charge in [-0.15, -0.1) is 23.7 Å². The number of aryl methyl sites for hydroxylation is 1. The molecule has 2 atom stereocenters. The first-order chi connectivity index (χ1) is 10.6. The first kappa shape index (κ1) is 17.9. The van der Waals surface area contributed by atoms with E-state index in [0.29, 0.717) is 0 Å². The Hall–Kier alpha value is -1.43. The van der Waals surface area contributed by atoms with E-state index < -0.39 is 0 Å². The van der Waals surface area contributed by atoms with Gasteiger partial charge in [0.2, 0.25) is 5.91 Å². The third-order valence-electron chi connectivity index (χ3n) is 4.15. The van der Waals surface area contributed by atoms with Gasteiger partial charge in [0.25, 0.3) is 0 Å². The summed E-state index contributed by atoms with van der Waals surface area (Å²) in [7, 11) is 0. The fourth-order valence-electron chi connectivity index (χ4n) is 2.93. The Morgan fingerprint density at radius 3 is 2.65 bits per heavy atom. The van der Waals surface area contributed by atoms with Crippen LogP contribution >= 0.6 is 23.7 Å². The Morgan fingerprint density at radius 2 is 2.04 bits per heavy atom. The maximum atomic E-state index is 12.3. The molecule has 1 aromatic heterocycles. The zero-order valence-corrected chi connectivity index (χ0v) is 14.8. The Balaban J connectivity index is 0.00000192. The molecule has 23 heavy (non-hydrogen) atoms. The summed E-state index contributed by atoms with van der Waals surface area (Å²) in [5.41, 5.74) is 8.85. The molecule has 2 unspecified atom stereocenters. The summed E-state index contributed by atoms with van der Waals surface area (Å²) >= 11 is 1.64. The Labute approximate surface area is 146 Å². The molecule has 2 aromatic rings. The predicted octanol–water partition coefficient (Wildman–Crippen LogP) is 4.00. The van der Waals surface area contributed by atoms with Gasteiger partial charge in [0.05, 0.1) is 10.7 Å². The van der Waals surface area contributed by atoms with E-state index in [1.807, 2.05) is 36.6 Å². The van der Waals surface area contributed by atoms with E-state index in [0.717, 1.165) is 47.6 Å². The highest BCUT2D eigenvalue weighted by molar-refractivity contribution is 7.09. The van der Waals surface area contributed by atoms with E-state index in [-0.39, 0.29) is 30.3 Å². The van der Waals surface area contributed by atoms with Gasteiger partial charge in [-0.05, 0) is 38.3 Å². The van der Waals surface area contributed by atoms with Crippen molar-refractivity contribution in [3.63, 3.8) is 0 Å². The molecular formula is C17H22ClN3OS. The second-order valence-electron chi connectivity index (χ2n) is 5.94. The summed E-state index contributed by atoms with van der Waals surface area (Å²) in [5, 5.41) is 6.11. The summed E-state index contributed by atoms with van der Waals surface area (Å²) in [6, 6.07) is 8.03. The molecule has 0 spiro atoms. The number of amides is 1. The van der Waals surface area contributed by atoms with Crippen LogP contribution in [-0.2, 0) is 4.79 Å². The first-order valence-electron chi connectivity index (χ1n) is 7.71. The maximum Gasteiger partial charge on any atom is 0.227 e. The standard InChI is InChI=1S/C17H21N3OS.ClH/c1-11-19-16(10-22-11)12-5-7-15(8-6-12)20-17(21)13-3-2-4-14(18)9-13;/h5-8,10,13-14H,2-4,9,18H2,1H3,(H,20,21);1H. The van der Waals surface area contributed by atoms with Crippen molar-refractivity contribution in [3.05, 3.63) is 34.7 Å². The zero-order valence-electron chi connectivity index (χ0n) is 13.1. The molecule has 0 bridgehead atoms. The number of aromatic nitrogens is 1. The van der Waals surface area contributed by atoms with Crippen LogP contribution in [0.4, 0.5) is 5.69 Å². The third-order valence-corrected chi connectivity index (χ3v) is 4.93. The number of carbonyl (C=O) groups is 1. The van der Waals surface area contributed by atoms with E-state index in [9.17, 15) is 4.79 Å². The second kappa shape index (κ2) is 7.90. The Morgan fingerprint density at radius 1 is 1.30 bits per heavy atom. The highest BCUT2D eigenvalue weighted by atomic mass is 35.5.